The standard InChI is InChI=1S/H3N.H3O4PS/c;1-5(2,3)4-6/h1H3;6H,(H2,1,2,3). The Balaban J connectivity index is 0. The van der Waals surface area contributed by atoms with Gasteiger partial charge in [0.05, 0.1) is 0 Å². The Morgan fingerprint density at radius 1 is 1.57 bits per heavy atom. The Labute approximate surface area is 46.1 Å². The minimum Gasteiger partial charge on any atom is -0.344 e. The quantitative estimate of drug-likeness (QED) is 0.239. The first-order valence-electron chi connectivity index (χ1n) is 0.948. The molecular formula is H6NO4PS. The van der Waals surface area contributed by atoms with Gasteiger partial charge in [-0.3, -0.25) is 0 Å². The molecule has 0 unspecified atom stereocenters. The van der Waals surface area contributed by atoms with Crippen LogP contribution in [0.1, 0.15) is 0 Å². The topological polar surface area (TPSA) is 102 Å². The molecule has 0 rings (SSSR count). The zero-order valence-electron chi connectivity index (χ0n) is 3.31. The van der Waals surface area contributed by atoms with Crippen LogP contribution in [0.5, 0.6) is 0 Å². The minimum atomic E-state index is -4.28. The van der Waals surface area contributed by atoms with E-state index in [9.17, 15) is 4.57 Å². The molecule has 7 heavy (non-hydrogen) atoms. The summed E-state index contributed by atoms with van der Waals surface area (Å²) in [5.74, 6) is 0. The normalized spacial score (nSPS) is 10.1. The first kappa shape index (κ1) is 10.4. The van der Waals surface area contributed by atoms with E-state index in [-0.39, 0.29) is 6.15 Å². The van der Waals surface area contributed by atoms with E-state index in [0.717, 1.165) is 0 Å². The average Bonchev–Trinajstić information content (AvgIpc) is 1.35. The number of phosphoric acid groups is 1. The molecule has 0 aliphatic carbocycles. The molecule has 5 N–H and O–H groups in total. The lowest BCUT2D eigenvalue weighted by Crippen LogP contribution is -1.70. The van der Waals surface area contributed by atoms with E-state index in [1.54, 1.807) is 0 Å². The Hall–Kier alpha value is 0.420. The van der Waals surface area contributed by atoms with E-state index in [1.165, 1.54) is 0 Å². The van der Waals surface area contributed by atoms with E-state index in [0.29, 0.717) is 0 Å². The number of thiol groups is 1. The second-order valence-electron chi connectivity index (χ2n) is 0.572. The van der Waals surface area contributed by atoms with Crippen LogP contribution in [0.15, 0.2) is 0 Å². The van der Waals surface area contributed by atoms with Gasteiger partial charge in [0.1, 0.15) is 0 Å². The molecule has 0 aliphatic heterocycles. The summed E-state index contributed by atoms with van der Waals surface area (Å²) < 4.78 is 12.7. The lowest BCUT2D eigenvalue weighted by atomic mass is 14.0. The molecule has 0 saturated carbocycles. The largest absolute Gasteiger partial charge is 0.480 e. The van der Waals surface area contributed by atoms with Gasteiger partial charge in [-0.15, -0.1) is 0 Å². The summed E-state index contributed by atoms with van der Waals surface area (Å²) in [5.41, 5.74) is 0. The molecule has 7 heteroatoms. The van der Waals surface area contributed by atoms with Crippen molar-refractivity contribution in [2.75, 3.05) is 0 Å². The molecular weight excluding hydrogens is 141 g/mol. The molecule has 0 amide bonds. The van der Waals surface area contributed by atoms with Crippen molar-refractivity contribution in [3.63, 3.8) is 0 Å². The van der Waals surface area contributed by atoms with Gasteiger partial charge in [0, 0.05) is 0 Å². The summed E-state index contributed by atoms with van der Waals surface area (Å²) >= 11 is 2.84. The second-order valence-corrected chi connectivity index (χ2v) is 2.21. The fourth-order valence-corrected chi connectivity index (χ4v) is 0. The highest BCUT2D eigenvalue weighted by Gasteiger charge is 2.08. The summed E-state index contributed by atoms with van der Waals surface area (Å²) in [6, 6.07) is 0. The maximum absolute atomic E-state index is 9.40. The molecule has 0 saturated heterocycles. The van der Waals surface area contributed by atoms with Crippen LogP contribution < -0.4 is 6.15 Å². The third-order valence-electron chi connectivity index (χ3n) is 0.106. The van der Waals surface area contributed by atoms with Crippen molar-refractivity contribution >= 4 is 20.7 Å². The molecule has 0 radical (unpaired) electrons. The van der Waals surface area contributed by atoms with E-state index in [1.807, 2.05) is 0 Å². The summed E-state index contributed by atoms with van der Waals surface area (Å²) in [7, 11) is -4.28. The van der Waals surface area contributed by atoms with Gasteiger partial charge in [0.15, 0.2) is 0 Å². The highest BCUT2D eigenvalue weighted by Crippen LogP contribution is 2.36. The van der Waals surface area contributed by atoms with Gasteiger partial charge < -0.3 is 15.9 Å². The Kier molecular flexibility index (Phi) is 5.09. The van der Waals surface area contributed by atoms with Crippen LogP contribution in [0, 0.1) is 0 Å². The minimum absolute atomic E-state index is 0. The first-order chi connectivity index (χ1) is 2.56. The SMILES string of the molecule is N.O=P(O)(O)OS. The Morgan fingerprint density at radius 3 is 1.71 bits per heavy atom. The van der Waals surface area contributed by atoms with Crippen LogP contribution in [0.25, 0.3) is 0 Å². The molecule has 0 bridgehead atoms. The van der Waals surface area contributed by atoms with Crippen LogP contribution in [-0.4, -0.2) is 9.79 Å². The van der Waals surface area contributed by atoms with E-state index >= 15 is 0 Å². The van der Waals surface area contributed by atoms with E-state index in [2.05, 4.69) is 16.9 Å². The van der Waals surface area contributed by atoms with Gasteiger partial charge in [0.25, 0.3) is 0 Å². The van der Waals surface area contributed by atoms with Gasteiger partial charge >= 0.3 is 7.82 Å². The van der Waals surface area contributed by atoms with Gasteiger partial charge in [-0.1, -0.05) is 0 Å². The summed E-state index contributed by atoms with van der Waals surface area (Å²) in [5, 5.41) is 0. The van der Waals surface area contributed by atoms with Crippen molar-refractivity contribution < 1.29 is 18.3 Å². The molecule has 0 aliphatic rings. The van der Waals surface area contributed by atoms with E-state index in [4.69, 9.17) is 9.79 Å². The predicted octanol–water partition coefficient (Wildman–Crippen LogP) is 0.102. The van der Waals surface area contributed by atoms with Crippen LogP contribution >= 0.6 is 20.7 Å². The van der Waals surface area contributed by atoms with Gasteiger partial charge in [-0.2, -0.15) is 0 Å². The molecule has 46 valence electrons. The molecule has 0 atom stereocenters. The zero-order chi connectivity index (χ0) is 5.21. The third kappa shape index (κ3) is 10.7. The van der Waals surface area contributed by atoms with Crippen molar-refractivity contribution in [2.45, 2.75) is 0 Å². The van der Waals surface area contributed by atoms with Crippen LogP contribution in [-0.2, 0) is 8.54 Å². The van der Waals surface area contributed by atoms with Crippen molar-refractivity contribution in [2.24, 2.45) is 0 Å². The smallest absolute Gasteiger partial charge is 0.344 e. The van der Waals surface area contributed by atoms with Gasteiger partial charge in [0.2, 0.25) is 0 Å². The first-order valence-corrected chi connectivity index (χ1v) is 2.84. The number of hydrogen-bond acceptors (Lipinski definition) is 4. The summed E-state index contributed by atoms with van der Waals surface area (Å²) in [6.45, 7) is 0. The molecule has 5 nitrogen and oxygen atoms in total. The molecule has 0 aromatic carbocycles. The van der Waals surface area contributed by atoms with Gasteiger partial charge in [-0.25, -0.2) is 8.54 Å². The van der Waals surface area contributed by atoms with E-state index < -0.39 is 7.82 Å². The average molecular weight is 147 g/mol. The van der Waals surface area contributed by atoms with Crippen molar-refractivity contribution in [1.82, 2.24) is 6.15 Å². The molecule has 0 heterocycles. The van der Waals surface area contributed by atoms with Crippen LogP contribution in [0.3, 0.4) is 0 Å². The fourth-order valence-electron chi connectivity index (χ4n) is 0. The monoisotopic (exact) mass is 147 g/mol. The number of hydrogen-bond donors (Lipinski definition) is 4. The summed E-state index contributed by atoms with van der Waals surface area (Å²) in [4.78, 5) is 15.3. The lowest BCUT2D eigenvalue weighted by Gasteiger charge is -1.91. The second kappa shape index (κ2) is 3.43. The van der Waals surface area contributed by atoms with Crippen molar-refractivity contribution in [3.8, 4) is 0 Å². The van der Waals surface area contributed by atoms with Crippen molar-refractivity contribution in [3.05, 3.63) is 0 Å². The lowest BCUT2D eigenvalue weighted by molar-refractivity contribution is 0.300. The highest BCUT2D eigenvalue weighted by atomic mass is 32.1. The fraction of sp³-hybridized carbons (Fsp3) is 0. The zero-order valence-corrected chi connectivity index (χ0v) is 5.10. The highest BCUT2D eigenvalue weighted by molar-refractivity contribution is 7.80. The molecule has 0 fully saturated rings. The van der Waals surface area contributed by atoms with Gasteiger partial charge in [-0.05, 0) is 12.9 Å². The molecule has 0 aromatic heterocycles. The summed E-state index contributed by atoms with van der Waals surface area (Å²) in [6.07, 6.45) is 0. The van der Waals surface area contributed by atoms with Crippen LogP contribution in [0.4, 0.5) is 0 Å². The Bertz CT molecular complexity index is 75.8. The number of rotatable bonds is 1. The van der Waals surface area contributed by atoms with Crippen molar-refractivity contribution in [1.29, 1.82) is 0 Å². The van der Waals surface area contributed by atoms with Crippen LogP contribution in [0.2, 0.25) is 0 Å². The Morgan fingerprint density at radius 2 is 1.71 bits per heavy atom. The maximum atomic E-state index is 9.40. The maximum Gasteiger partial charge on any atom is 0.480 e. The third-order valence-corrected chi connectivity index (χ3v) is 0.957. The molecule has 0 aromatic rings. The predicted molar refractivity (Wildman–Crippen MR) is 27.1 cm³/mol. The molecule has 0 spiro atoms.